The Hall–Kier alpha value is -5.72. The molecular weight excluding hydrogens is 540 g/mol. The van der Waals surface area contributed by atoms with Gasteiger partial charge < -0.3 is 0 Å². The van der Waals surface area contributed by atoms with Crippen LogP contribution in [0.15, 0.2) is 182 Å². The van der Waals surface area contributed by atoms with Crippen LogP contribution in [-0.2, 0) is 5.41 Å². The van der Waals surface area contributed by atoms with E-state index < -0.39 is 0 Å². The van der Waals surface area contributed by atoms with E-state index in [4.69, 9.17) is 0 Å². The van der Waals surface area contributed by atoms with Crippen molar-refractivity contribution in [2.24, 2.45) is 0 Å². The van der Waals surface area contributed by atoms with Crippen LogP contribution >= 0.6 is 0 Å². The molecule has 0 heteroatoms. The number of hydrogen-bond acceptors (Lipinski definition) is 0. The van der Waals surface area contributed by atoms with Gasteiger partial charge in [0.05, 0.1) is 5.41 Å². The van der Waals surface area contributed by atoms with Crippen LogP contribution in [0.25, 0.3) is 54.9 Å². The van der Waals surface area contributed by atoms with Crippen LogP contribution in [0, 0.1) is 0 Å². The molecule has 45 heavy (non-hydrogen) atoms. The van der Waals surface area contributed by atoms with E-state index in [-0.39, 0.29) is 5.41 Å². The first-order chi connectivity index (χ1) is 22.3. The summed E-state index contributed by atoms with van der Waals surface area (Å²) in [4.78, 5) is 0. The molecule has 0 radical (unpaired) electrons. The topological polar surface area (TPSA) is 0 Å². The molecule has 8 aromatic rings. The Morgan fingerprint density at radius 1 is 0.311 bits per heavy atom. The van der Waals surface area contributed by atoms with Crippen LogP contribution in [0.4, 0.5) is 0 Å². The van der Waals surface area contributed by atoms with Crippen LogP contribution < -0.4 is 0 Å². The highest BCUT2D eigenvalue weighted by Crippen LogP contribution is 2.56. The quantitative estimate of drug-likeness (QED) is 0.185. The molecule has 0 aromatic heterocycles. The lowest BCUT2D eigenvalue weighted by atomic mass is 9.67. The zero-order chi connectivity index (χ0) is 29.8. The minimum absolute atomic E-state index is 0.386. The van der Waals surface area contributed by atoms with Crippen molar-refractivity contribution in [1.29, 1.82) is 0 Å². The molecule has 0 amide bonds. The molecule has 8 aromatic carbocycles. The van der Waals surface area contributed by atoms with Gasteiger partial charge in [-0.1, -0.05) is 176 Å². The summed E-state index contributed by atoms with van der Waals surface area (Å²) in [5.41, 5.74) is 12.5. The summed E-state index contributed by atoms with van der Waals surface area (Å²) in [5.74, 6) is 0. The third-order valence-corrected chi connectivity index (χ3v) is 9.76. The lowest BCUT2D eigenvalue weighted by Gasteiger charge is -2.34. The molecule has 1 aliphatic rings. The van der Waals surface area contributed by atoms with Gasteiger partial charge in [-0.05, 0) is 83.2 Å². The van der Waals surface area contributed by atoms with Gasteiger partial charge in [0, 0.05) is 0 Å². The van der Waals surface area contributed by atoms with E-state index in [0.29, 0.717) is 0 Å². The molecule has 0 heterocycles. The van der Waals surface area contributed by atoms with Crippen molar-refractivity contribution in [2.45, 2.75) is 5.41 Å². The largest absolute Gasteiger partial charge is 0.0713 e. The Bertz CT molecular complexity index is 2300. The highest BCUT2D eigenvalue weighted by molar-refractivity contribution is 6.16. The average molecular weight is 571 g/mol. The maximum absolute atomic E-state index is 2.37. The molecule has 0 fully saturated rings. The van der Waals surface area contributed by atoms with Crippen molar-refractivity contribution in [3.8, 4) is 33.4 Å². The van der Waals surface area contributed by atoms with E-state index >= 15 is 0 Å². The first-order valence-corrected chi connectivity index (χ1v) is 15.7. The van der Waals surface area contributed by atoms with Gasteiger partial charge in [0.25, 0.3) is 0 Å². The van der Waals surface area contributed by atoms with Crippen molar-refractivity contribution in [2.75, 3.05) is 0 Å². The molecule has 0 saturated carbocycles. The van der Waals surface area contributed by atoms with Gasteiger partial charge in [0.1, 0.15) is 0 Å². The molecule has 0 saturated heterocycles. The molecule has 0 unspecified atom stereocenters. The van der Waals surface area contributed by atoms with Gasteiger partial charge in [-0.3, -0.25) is 0 Å². The second-order valence-electron chi connectivity index (χ2n) is 12.0. The Balaban J connectivity index is 1.27. The van der Waals surface area contributed by atoms with Crippen molar-refractivity contribution >= 4 is 21.5 Å². The summed E-state index contributed by atoms with van der Waals surface area (Å²) < 4.78 is 0. The molecule has 0 nitrogen and oxygen atoms in total. The molecule has 0 N–H and O–H groups in total. The van der Waals surface area contributed by atoms with Crippen LogP contribution in [0.3, 0.4) is 0 Å². The summed E-state index contributed by atoms with van der Waals surface area (Å²) in [6, 6.07) is 67.0. The Labute approximate surface area is 263 Å². The van der Waals surface area contributed by atoms with E-state index in [1.54, 1.807) is 0 Å². The fraction of sp³-hybridized carbons (Fsp3) is 0.0222. The minimum Gasteiger partial charge on any atom is -0.0622 e. The molecule has 0 aliphatic heterocycles. The Morgan fingerprint density at radius 3 is 1.56 bits per heavy atom. The standard InChI is InChI=1S/C45H30/c1-3-14-32(15-4-1)44-37-19-8-7-16-33(37)30-41-36(22-13-23-40(41)44)31-26-28-35(29-27-31)45(34-17-5-2-6-18-34)42-24-11-9-20-38(42)39-21-10-12-25-43(39)45/h1-30H. The van der Waals surface area contributed by atoms with Gasteiger partial charge in [-0.2, -0.15) is 0 Å². The van der Waals surface area contributed by atoms with Gasteiger partial charge in [0.15, 0.2) is 0 Å². The van der Waals surface area contributed by atoms with Crippen molar-refractivity contribution in [3.05, 3.63) is 204 Å². The van der Waals surface area contributed by atoms with Crippen LogP contribution in [0.5, 0.6) is 0 Å². The van der Waals surface area contributed by atoms with Crippen LogP contribution in [0.1, 0.15) is 22.3 Å². The third kappa shape index (κ3) is 3.79. The molecular formula is C45H30. The zero-order valence-corrected chi connectivity index (χ0v) is 24.8. The highest BCUT2D eigenvalue weighted by Gasteiger charge is 2.45. The number of hydrogen-bond donors (Lipinski definition) is 0. The molecule has 210 valence electrons. The predicted molar refractivity (Wildman–Crippen MR) is 190 cm³/mol. The first-order valence-electron chi connectivity index (χ1n) is 15.7. The second-order valence-corrected chi connectivity index (χ2v) is 12.0. The normalized spacial score (nSPS) is 13.1. The zero-order valence-electron chi connectivity index (χ0n) is 24.8. The summed E-state index contributed by atoms with van der Waals surface area (Å²) in [7, 11) is 0. The van der Waals surface area contributed by atoms with Gasteiger partial charge in [-0.15, -0.1) is 0 Å². The SMILES string of the molecule is c1ccc(-c2c3ccccc3cc3c(-c4ccc(C5(c6ccccc6)c6ccccc6-c6ccccc65)cc4)cccc23)cc1. The maximum atomic E-state index is 2.37. The Morgan fingerprint density at radius 2 is 0.844 bits per heavy atom. The van der Waals surface area contributed by atoms with E-state index in [2.05, 4.69) is 182 Å². The minimum atomic E-state index is -0.386. The van der Waals surface area contributed by atoms with Crippen molar-refractivity contribution in [1.82, 2.24) is 0 Å². The highest BCUT2D eigenvalue weighted by atomic mass is 14.5. The van der Waals surface area contributed by atoms with E-state index in [1.165, 1.54) is 77.2 Å². The molecule has 0 bridgehead atoms. The van der Waals surface area contributed by atoms with Crippen molar-refractivity contribution < 1.29 is 0 Å². The second kappa shape index (κ2) is 10.2. The average Bonchev–Trinajstić information content (AvgIpc) is 3.42. The van der Waals surface area contributed by atoms with Gasteiger partial charge >= 0.3 is 0 Å². The predicted octanol–water partition coefficient (Wildman–Crippen LogP) is 11.7. The Kier molecular flexibility index (Phi) is 5.83. The lowest BCUT2D eigenvalue weighted by Crippen LogP contribution is -2.28. The number of fused-ring (bicyclic) bond motifs is 5. The van der Waals surface area contributed by atoms with Crippen LogP contribution in [0.2, 0.25) is 0 Å². The maximum Gasteiger partial charge on any atom is 0.0713 e. The monoisotopic (exact) mass is 570 g/mol. The fourth-order valence-electron chi connectivity index (χ4n) is 7.87. The molecule has 0 atom stereocenters. The van der Waals surface area contributed by atoms with E-state index in [0.717, 1.165) is 0 Å². The number of rotatable bonds is 4. The summed E-state index contributed by atoms with van der Waals surface area (Å²) in [6.07, 6.45) is 0. The molecule has 9 rings (SSSR count). The van der Waals surface area contributed by atoms with E-state index in [9.17, 15) is 0 Å². The summed E-state index contributed by atoms with van der Waals surface area (Å²) in [5, 5.41) is 5.10. The fourth-order valence-corrected chi connectivity index (χ4v) is 7.87. The van der Waals surface area contributed by atoms with Gasteiger partial charge in [-0.25, -0.2) is 0 Å². The lowest BCUT2D eigenvalue weighted by molar-refractivity contribution is 0.768. The first kappa shape index (κ1) is 25.7. The van der Waals surface area contributed by atoms with E-state index in [1.807, 2.05) is 0 Å². The van der Waals surface area contributed by atoms with Gasteiger partial charge in [0.2, 0.25) is 0 Å². The number of benzene rings is 8. The summed E-state index contributed by atoms with van der Waals surface area (Å²) >= 11 is 0. The summed E-state index contributed by atoms with van der Waals surface area (Å²) in [6.45, 7) is 0. The molecule has 1 aliphatic carbocycles. The smallest absolute Gasteiger partial charge is 0.0622 e. The van der Waals surface area contributed by atoms with Crippen LogP contribution in [-0.4, -0.2) is 0 Å². The van der Waals surface area contributed by atoms with Crippen molar-refractivity contribution in [3.63, 3.8) is 0 Å². The third-order valence-electron chi connectivity index (χ3n) is 9.76. The molecule has 0 spiro atoms.